The van der Waals surface area contributed by atoms with Crippen molar-refractivity contribution < 1.29 is 14.4 Å². The summed E-state index contributed by atoms with van der Waals surface area (Å²) in [6, 6.07) is 8.87. The molecule has 152 valence electrons. The van der Waals surface area contributed by atoms with Gasteiger partial charge in [0.1, 0.15) is 5.75 Å². The number of piperazine rings is 1. The lowest BCUT2D eigenvalue weighted by atomic mass is 10.1. The number of rotatable bonds is 6. The molecule has 1 amide bonds. The molecule has 0 saturated carbocycles. The minimum absolute atomic E-state index is 0.0158. The summed E-state index contributed by atoms with van der Waals surface area (Å²) in [5.41, 5.74) is 0.339. The standard InChI is InChI=1S/C20H21BrN4O3S/c21-14-5-6-16(26)15(13-14)20(27)25-10-8-24(9-11-25)7-1-4-18-22-19(23-28-18)17-3-2-12-29-17/h2-3,5-6,12-13,26H,1,4,7-11H2. The first-order chi connectivity index (χ1) is 14.1. The Bertz CT molecular complexity index is 968. The van der Waals surface area contributed by atoms with Gasteiger partial charge in [0.15, 0.2) is 0 Å². The highest BCUT2D eigenvalue weighted by atomic mass is 79.9. The lowest BCUT2D eigenvalue weighted by molar-refractivity contribution is 0.0632. The SMILES string of the molecule is O=C(c1cc(Br)ccc1O)N1CCN(CCCc2nc(-c3cccs3)no2)CC1. The Morgan fingerprint density at radius 3 is 2.83 bits per heavy atom. The van der Waals surface area contributed by atoms with Crippen LogP contribution in [-0.2, 0) is 6.42 Å². The minimum atomic E-state index is -0.129. The maximum atomic E-state index is 12.7. The van der Waals surface area contributed by atoms with Crippen LogP contribution >= 0.6 is 27.3 Å². The van der Waals surface area contributed by atoms with Crippen molar-refractivity contribution in [1.29, 1.82) is 0 Å². The van der Waals surface area contributed by atoms with Crippen molar-refractivity contribution in [3.05, 3.63) is 51.6 Å². The fourth-order valence-corrected chi connectivity index (χ4v) is 4.35. The number of phenols is 1. The minimum Gasteiger partial charge on any atom is -0.507 e. The average Bonchev–Trinajstić information content (AvgIpc) is 3.42. The number of phenolic OH excluding ortho intramolecular Hbond substituents is 1. The molecule has 1 aliphatic heterocycles. The number of carbonyl (C=O) groups is 1. The molecule has 1 saturated heterocycles. The lowest BCUT2D eigenvalue weighted by Crippen LogP contribution is -2.48. The summed E-state index contributed by atoms with van der Waals surface area (Å²) in [6.07, 6.45) is 1.66. The van der Waals surface area contributed by atoms with E-state index in [1.807, 2.05) is 17.5 Å². The van der Waals surface area contributed by atoms with Gasteiger partial charge in [0.2, 0.25) is 11.7 Å². The smallest absolute Gasteiger partial charge is 0.257 e. The van der Waals surface area contributed by atoms with Crippen LogP contribution in [0.3, 0.4) is 0 Å². The number of thiophene rings is 1. The number of hydrogen-bond acceptors (Lipinski definition) is 7. The van der Waals surface area contributed by atoms with Gasteiger partial charge >= 0.3 is 0 Å². The van der Waals surface area contributed by atoms with E-state index >= 15 is 0 Å². The van der Waals surface area contributed by atoms with Gasteiger partial charge in [-0.2, -0.15) is 4.98 Å². The summed E-state index contributed by atoms with van der Waals surface area (Å²) in [6.45, 7) is 3.83. The normalized spacial score (nSPS) is 15.0. The van der Waals surface area contributed by atoms with Gasteiger partial charge < -0.3 is 14.5 Å². The third-order valence-electron chi connectivity index (χ3n) is 4.92. The predicted octanol–water partition coefficient (Wildman–Crippen LogP) is 3.66. The monoisotopic (exact) mass is 476 g/mol. The van der Waals surface area contributed by atoms with Crippen molar-refractivity contribution >= 4 is 33.2 Å². The molecule has 1 N–H and O–H groups in total. The summed E-state index contributed by atoms with van der Waals surface area (Å²) in [7, 11) is 0. The second-order valence-electron chi connectivity index (χ2n) is 6.89. The van der Waals surface area contributed by atoms with Gasteiger partial charge in [0.25, 0.3) is 5.91 Å². The first kappa shape index (κ1) is 20.1. The Balaban J connectivity index is 1.23. The largest absolute Gasteiger partial charge is 0.507 e. The molecular formula is C20H21BrN4O3S. The molecule has 3 heterocycles. The van der Waals surface area contributed by atoms with Crippen molar-refractivity contribution in [2.75, 3.05) is 32.7 Å². The average molecular weight is 477 g/mol. The Morgan fingerprint density at radius 2 is 2.07 bits per heavy atom. The van der Waals surface area contributed by atoms with E-state index in [4.69, 9.17) is 4.52 Å². The van der Waals surface area contributed by atoms with Gasteiger partial charge in [-0.1, -0.05) is 27.2 Å². The predicted molar refractivity (Wildman–Crippen MR) is 114 cm³/mol. The van der Waals surface area contributed by atoms with Crippen LogP contribution < -0.4 is 0 Å². The van der Waals surface area contributed by atoms with Crippen LogP contribution in [-0.4, -0.2) is 63.7 Å². The molecule has 0 atom stereocenters. The molecule has 9 heteroatoms. The van der Waals surface area contributed by atoms with Gasteiger partial charge in [-0.25, -0.2) is 0 Å². The van der Waals surface area contributed by atoms with Crippen LogP contribution in [0.25, 0.3) is 10.7 Å². The highest BCUT2D eigenvalue weighted by molar-refractivity contribution is 9.10. The van der Waals surface area contributed by atoms with Gasteiger partial charge in [0, 0.05) is 37.1 Å². The number of aromatic hydroxyl groups is 1. The van der Waals surface area contributed by atoms with Crippen LogP contribution in [0, 0.1) is 0 Å². The molecule has 1 fully saturated rings. The molecular weight excluding hydrogens is 456 g/mol. The highest BCUT2D eigenvalue weighted by Gasteiger charge is 2.24. The molecule has 2 aromatic heterocycles. The fraction of sp³-hybridized carbons (Fsp3) is 0.350. The molecule has 4 rings (SSSR count). The van der Waals surface area contributed by atoms with Crippen molar-refractivity contribution in [1.82, 2.24) is 19.9 Å². The van der Waals surface area contributed by atoms with E-state index in [0.717, 1.165) is 41.8 Å². The molecule has 0 spiro atoms. The molecule has 0 radical (unpaired) electrons. The second kappa shape index (κ2) is 9.06. The molecule has 7 nitrogen and oxygen atoms in total. The molecule has 29 heavy (non-hydrogen) atoms. The number of amides is 1. The number of nitrogens with zero attached hydrogens (tertiary/aromatic N) is 4. The van der Waals surface area contributed by atoms with Gasteiger partial charge in [0.05, 0.1) is 10.4 Å². The third-order valence-corrected chi connectivity index (χ3v) is 6.28. The molecule has 1 aromatic carbocycles. The van der Waals surface area contributed by atoms with E-state index < -0.39 is 0 Å². The number of halogens is 1. The maximum absolute atomic E-state index is 12.7. The summed E-state index contributed by atoms with van der Waals surface area (Å²) in [5.74, 6) is 1.20. The van der Waals surface area contributed by atoms with E-state index in [-0.39, 0.29) is 11.7 Å². The van der Waals surface area contributed by atoms with E-state index in [0.29, 0.717) is 30.4 Å². The van der Waals surface area contributed by atoms with Crippen LogP contribution in [0.5, 0.6) is 5.75 Å². The van der Waals surface area contributed by atoms with Crippen molar-refractivity contribution in [2.24, 2.45) is 0 Å². The fourth-order valence-electron chi connectivity index (χ4n) is 3.34. The quantitative estimate of drug-likeness (QED) is 0.584. The number of carbonyl (C=O) groups excluding carboxylic acids is 1. The maximum Gasteiger partial charge on any atom is 0.257 e. The Hall–Kier alpha value is -2.23. The molecule has 0 bridgehead atoms. The highest BCUT2D eigenvalue weighted by Crippen LogP contribution is 2.24. The second-order valence-corrected chi connectivity index (χ2v) is 8.75. The zero-order valence-corrected chi connectivity index (χ0v) is 18.2. The van der Waals surface area contributed by atoms with Crippen molar-refractivity contribution in [3.63, 3.8) is 0 Å². The van der Waals surface area contributed by atoms with E-state index in [1.54, 1.807) is 28.4 Å². The van der Waals surface area contributed by atoms with Crippen LogP contribution in [0.1, 0.15) is 22.7 Å². The molecule has 3 aromatic rings. The number of benzene rings is 1. The van der Waals surface area contributed by atoms with Gasteiger partial charge in [-0.05, 0) is 42.6 Å². The first-order valence-corrected chi connectivity index (χ1v) is 11.1. The van der Waals surface area contributed by atoms with Crippen molar-refractivity contribution in [3.8, 4) is 16.5 Å². The van der Waals surface area contributed by atoms with Gasteiger partial charge in [-0.3, -0.25) is 9.69 Å². The zero-order chi connectivity index (χ0) is 20.2. The summed E-state index contributed by atoms with van der Waals surface area (Å²) < 4.78 is 6.12. The Morgan fingerprint density at radius 1 is 1.24 bits per heavy atom. The topological polar surface area (TPSA) is 82.7 Å². The third kappa shape index (κ3) is 4.85. The Labute approximate surface area is 181 Å². The zero-order valence-electron chi connectivity index (χ0n) is 15.8. The van der Waals surface area contributed by atoms with E-state index in [2.05, 4.69) is 31.0 Å². The molecule has 0 aliphatic carbocycles. The van der Waals surface area contributed by atoms with Crippen LogP contribution in [0.15, 0.2) is 44.7 Å². The van der Waals surface area contributed by atoms with Crippen LogP contribution in [0.4, 0.5) is 0 Å². The number of aromatic nitrogens is 2. The van der Waals surface area contributed by atoms with E-state index in [1.165, 1.54) is 6.07 Å². The summed E-state index contributed by atoms with van der Waals surface area (Å²) in [4.78, 5) is 22.3. The number of aryl methyl sites for hydroxylation is 1. The number of hydrogen-bond donors (Lipinski definition) is 1. The van der Waals surface area contributed by atoms with E-state index in [9.17, 15) is 9.90 Å². The molecule has 1 aliphatic rings. The lowest BCUT2D eigenvalue weighted by Gasteiger charge is -2.34. The van der Waals surface area contributed by atoms with Crippen LogP contribution in [0.2, 0.25) is 0 Å². The molecule has 0 unspecified atom stereocenters. The Kier molecular flexibility index (Phi) is 6.27. The summed E-state index contributed by atoms with van der Waals surface area (Å²) >= 11 is 4.95. The first-order valence-electron chi connectivity index (χ1n) is 9.47. The van der Waals surface area contributed by atoms with Gasteiger partial charge in [-0.15, -0.1) is 11.3 Å². The summed E-state index contributed by atoms with van der Waals surface area (Å²) in [5, 5.41) is 16.0. The van der Waals surface area contributed by atoms with Crippen molar-refractivity contribution in [2.45, 2.75) is 12.8 Å².